The average molecular weight is 488 g/mol. The third-order valence-electron chi connectivity index (χ3n) is 3.72. The Kier molecular flexibility index (Phi) is 4.31. The van der Waals surface area contributed by atoms with Crippen molar-refractivity contribution in [3.8, 4) is 0 Å². The van der Waals surface area contributed by atoms with Gasteiger partial charge in [0.05, 0.1) is 0 Å². The summed E-state index contributed by atoms with van der Waals surface area (Å²) in [7, 11) is -0.923. The third-order valence-corrected chi connectivity index (χ3v) is 15.4. The van der Waals surface area contributed by atoms with Crippen molar-refractivity contribution in [2.75, 3.05) is 0 Å². The summed E-state index contributed by atoms with van der Waals surface area (Å²) in [5.41, 5.74) is 2.76. The Bertz CT molecular complexity index is 752. The molecule has 118 valence electrons. The summed E-state index contributed by atoms with van der Waals surface area (Å²) in [6, 6.07) is 15.4. The first kappa shape index (κ1) is 16.0. The maximum atomic E-state index is 2.52. The van der Waals surface area contributed by atoms with Gasteiger partial charge in [0.1, 0.15) is 0 Å². The van der Waals surface area contributed by atoms with Gasteiger partial charge in [-0.2, -0.15) is 0 Å². The van der Waals surface area contributed by atoms with E-state index in [-0.39, 0.29) is 18.6 Å². The molecule has 3 rings (SSSR count). The van der Waals surface area contributed by atoms with E-state index in [0.29, 0.717) is 3.80 Å². The number of fused-ring (bicyclic) bond motifs is 1. The monoisotopic (exact) mass is 487 g/mol. The molecule has 0 aromatic heterocycles. The molecule has 1 aliphatic carbocycles. The van der Waals surface area contributed by atoms with E-state index in [4.69, 9.17) is 0 Å². The van der Waals surface area contributed by atoms with Crippen LogP contribution in [0.3, 0.4) is 0 Å². The summed E-state index contributed by atoms with van der Waals surface area (Å²) in [5, 5.41) is 2.66. The van der Waals surface area contributed by atoms with E-state index in [9.17, 15) is 0 Å². The number of hydrogen-bond acceptors (Lipinski definition) is 0. The van der Waals surface area contributed by atoms with Crippen molar-refractivity contribution in [2.24, 2.45) is 0 Å². The Morgan fingerprint density at radius 2 is 1.73 bits per heavy atom. The first-order valence-corrected chi connectivity index (χ1v) is 14.2. The van der Waals surface area contributed by atoms with Crippen molar-refractivity contribution in [1.82, 2.24) is 0 Å². The summed E-state index contributed by atoms with van der Waals surface area (Å²) in [6.07, 6.45) is 7.31. The minimum absolute atomic E-state index is 0.181. The average Bonchev–Trinajstić information content (AvgIpc) is 2.87. The fourth-order valence-corrected chi connectivity index (χ4v) is 10.4. The van der Waals surface area contributed by atoms with Crippen molar-refractivity contribution in [2.45, 2.75) is 34.8 Å². The van der Waals surface area contributed by atoms with Crippen molar-refractivity contribution < 1.29 is 18.6 Å². The van der Waals surface area contributed by atoms with Crippen LogP contribution in [0.25, 0.3) is 16.3 Å². The molecule has 0 spiro atoms. The molecule has 0 saturated carbocycles. The molecule has 0 nitrogen and oxygen atoms in total. The van der Waals surface area contributed by atoms with Gasteiger partial charge in [0.2, 0.25) is 0 Å². The Hall–Kier alpha value is -0.915. The molecular formula is C20H24PtSi. The van der Waals surface area contributed by atoms with Crippen LogP contribution in [-0.2, 0) is 18.6 Å². The second kappa shape index (κ2) is 5.94. The third kappa shape index (κ3) is 3.70. The second-order valence-corrected chi connectivity index (χ2v) is 18.4. The van der Waals surface area contributed by atoms with Crippen LogP contribution in [0.15, 0.2) is 60.7 Å². The van der Waals surface area contributed by atoms with Gasteiger partial charge in [-0.1, -0.05) is 0 Å². The maximum absolute atomic E-state index is 2.52. The van der Waals surface area contributed by atoms with Crippen LogP contribution >= 0.6 is 0 Å². The Labute approximate surface area is 143 Å². The molecular weight excluding hydrogens is 463 g/mol. The van der Waals surface area contributed by atoms with E-state index in [2.05, 4.69) is 87.3 Å². The van der Waals surface area contributed by atoms with Crippen LogP contribution in [-0.4, -0.2) is 8.07 Å². The van der Waals surface area contributed by atoms with E-state index in [1.165, 1.54) is 26.3 Å². The molecule has 0 amide bonds. The van der Waals surface area contributed by atoms with Gasteiger partial charge in [-0.3, -0.25) is 0 Å². The fourth-order valence-electron chi connectivity index (χ4n) is 2.54. The zero-order valence-corrected chi connectivity index (χ0v) is 17.1. The molecule has 2 aromatic carbocycles. The van der Waals surface area contributed by atoms with Crippen LogP contribution in [0, 0.1) is 0 Å². The topological polar surface area (TPSA) is 0 Å². The first-order chi connectivity index (χ1) is 10.3. The fraction of sp³-hybridized carbons (Fsp3) is 0.300. The van der Waals surface area contributed by atoms with Crippen molar-refractivity contribution in [1.29, 1.82) is 0 Å². The van der Waals surface area contributed by atoms with Gasteiger partial charge in [0, 0.05) is 0 Å². The van der Waals surface area contributed by atoms with E-state index in [0.717, 1.165) is 0 Å². The van der Waals surface area contributed by atoms with E-state index < -0.39 is 8.07 Å². The molecule has 0 radical (unpaired) electrons. The normalized spacial score (nSPS) is 21.5. The number of benzene rings is 2. The van der Waals surface area contributed by atoms with Crippen LogP contribution in [0.4, 0.5) is 0 Å². The molecule has 0 aliphatic heterocycles. The van der Waals surface area contributed by atoms with Gasteiger partial charge in [-0.25, -0.2) is 0 Å². The summed E-state index contributed by atoms with van der Waals surface area (Å²) >= 11 is 0.181. The molecule has 0 heterocycles. The second-order valence-electron chi connectivity index (χ2n) is 7.36. The molecule has 1 aliphatic rings. The summed E-state index contributed by atoms with van der Waals surface area (Å²) in [4.78, 5) is 0. The van der Waals surface area contributed by atoms with Crippen molar-refractivity contribution in [3.63, 3.8) is 0 Å². The number of rotatable bonds is 4. The SMILES string of the molecule is C[C]1([Pt][CH2][Si](C)(C)C)C=CC(c2ccc3ccccc3c2)=C1. The summed E-state index contributed by atoms with van der Waals surface area (Å²) in [5.74, 6) is 0. The van der Waals surface area contributed by atoms with Gasteiger partial charge in [-0.05, 0) is 0 Å². The van der Waals surface area contributed by atoms with Gasteiger partial charge < -0.3 is 0 Å². The molecule has 0 fully saturated rings. The molecule has 0 N–H and O–H groups in total. The van der Waals surface area contributed by atoms with Crippen LogP contribution < -0.4 is 0 Å². The van der Waals surface area contributed by atoms with Gasteiger partial charge in [0.15, 0.2) is 0 Å². The Morgan fingerprint density at radius 1 is 1.00 bits per heavy atom. The number of allylic oxidation sites excluding steroid dienone is 4. The molecule has 2 aromatic rings. The van der Waals surface area contributed by atoms with Crippen molar-refractivity contribution >= 4 is 24.4 Å². The molecule has 22 heavy (non-hydrogen) atoms. The zero-order valence-electron chi connectivity index (χ0n) is 13.8. The van der Waals surface area contributed by atoms with Crippen LogP contribution in [0.2, 0.25) is 27.9 Å². The minimum atomic E-state index is -0.923. The van der Waals surface area contributed by atoms with Crippen molar-refractivity contribution in [3.05, 3.63) is 66.3 Å². The standard InChI is InChI=1S/C16H13.C4H11Si.Pt/c1-12-6-7-15(10-12)16-9-8-13-4-2-3-5-14(13)11-16;1-5(2,3)4;/h2-11H,1H3;1H2,2-4H3;. The van der Waals surface area contributed by atoms with E-state index in [1.807, 2.05) is 0 Å². The Balaban J connectivity index is 1.85. The van der Waals surface area contributed by atoms with Gasteiger partial charge in [-0.15, -0.1) is 0 Å². The molecule has 1 atom stereocenters. The van der Waals surface area contributed by atoms with Crippen LogP contribution in [0.5, 0.6) is 0 Å². The predicted molar refractivity (Wildman–Crippen MR) is 97.6 cm³/mol. The first-order valence-electron chi connectivity index (χ1n) is 7.79. The quantitative estimate of drug-likeness (QED) is 0.441. The van der Waals surface area contributed by atoms with Crippen LogP contribution in [0.1, 0.15) is 12.5 Å². The molecule has 1 unspecified atom stereocenters. The molecule has 2 heteroatoms. The molecule has 0 bridgehead atoms. The van der Waals surface area contributed by atoms with E-state index >= 15 is 0 Å². The zero-order chi connectivity index (χ0) is 15.8. The van der Waals surface area contributed by atoms with Gasteiger partial charge in [0.25, 0.3) is 0 Å². The molecule has 0 saturated heterocycles. The summed E-state index contributed by atoms with van der Waals surface area (Å²) in [6.45, 7) is 9.89. The summed E-state index contributed by atoms with van der Waals surface area (Å²) < 4.78 is 1.84. The predicted octanol–water partition coefficient (Wildman–Crippen LogP) is 6.35. The Morgan fingerprint density at radius 3 is 2.45 bits per heavy atom. The number of hydrogen-bond donors (Lipinski definition) is 0. The van der Waals surface area contributed by atoms with E-state index in [1.54, 1.807) is 0 Å². The van der Waals surface area contributed by atoms with Gasteiger partial charge >= 0.3 is 144 Å².